The molecule has 0 bridgehead atoms. The molecule has 32 heavy (non-hydrogen) atoms. The summed E-state index contributed by atoms with van der Waals surface area (Å²) in [6.45, 7) is -0.0259. The maximum absolute atomic E-state index is 13.8. The second kappa shape index (κ2) is 10.3. The molecule has 0 saturated heterocycles. The predicted octanol–water partition coefficient (Wildman–Crippen LogP) is 4.39. The van der Waals surface area contributed by atoms with Crippen LogP contribution in [-0.2, 0) is 16.6 Å². The molecule has 0 aliphatic carbocycles. The molecule has 0 heterocycles. The van der Waals surface area contributed by atoms with Crippen molar-refractivity contribution in [1.29, 1.82) is 0 Å². The van der Waals surface area contributed by atoms with E-state index in [0.29, 0.717) is 27.6 Å². The Morgan fingerprint density at radius 1 is 1.03 bits per heavy atom. The molecule has 3 rings (SSSR count). The number of methoxy groups -OCH3 is 2. The number of halogens is 2. The van der Waals surface area contributed by atoms with Crippen LogP contribution in [0.3, 0.4) is 0 Å². The van der Waals surface area contributed by atoms with Crippen molar-refractivity contribution >= 4 is 27.8 Å². The first kappa shape index (κ1) is 23.4. The van der Waals surface area contributed by atoms with E-state index in [1.807, 2.05) is 0 Å². The summed E-state index contributed by atoms with van der Waals surface area (Å²) in [4.78, 5) is 1.99. The highest BCUT2D eigenvalue weighted by Crippen LogP contribution is 2.28. The van der Waals surface area contributed by atoms with Crippen molar-refractivity contribution in [2.75, 3.05) is 14.2 Å². The van der Waals surface area contributed by atoms with Gasteiger partial charge < -0.3 is 14.2 Å². The fourth-order valence-electron chi connectivity index (χ4n) is 2.73. The van der Waals surface area contributed by atoms with E-state index in [4.69, 9.17) is 25.8 Å². The third kappa shape index (κ3) is 5.68. The highest BCUT2D eigenvalue weighted by molar-refractivity contribution is 7.89. The van der Waals surface area contributed by atoms with Gasteiger partial charge in [0.2, 0.25) is 0 Å². The molecule has 0 spiro atoms. The van der Waals surface area contributed by atoms with Crippen LogP contribution in [0.1, 0.15) is 11.1 Å². The summed E-state index contributed by atoms with van der Waals surface area (Å²) in [5, 5.41) is 4.21. The Morgan fingerprint density at radius 3 is 2.50 bits per heavy atom. The van der Waals surface area contributed by atoms with Gasteiger partial charge in [-0.1, -0.05) is 29.8 Å². The molecule has 0 aliphatic rings. The third-order valence-electron chi connectivity index (χ3n) is 4.35. The first-order valence-corrected chi connectivity index (χ1v) is 11.1. The largest absolute Gasteiger partial charge is 0.497 e. The van der Waals surface area contributed by atoms with E-state index < -0.39 is 15.8 Å². The van der Waals surface area contributed by atoms with Gasteiger partial charge in [-0.15, -0.1) is 0 Å². The summed E-state index contributed by atoms with van der Waals surface area (Å²) in [6.07, 6.45) is 1.24. The van der Waals surface area contributed by atoms with Gasteiger partial charge in [0, 0.05) is 22.2 Å². The van der Waals surface area contributed by atoms with E-state index in [0.717, 1.165) is 0 Å². The third-order valence-corrected chi connectivity index (χ3v) is 5.83. The predicted molar refractivity (Wildman–Crippen MR) is 120 cm³/mol. The van der Waals surface area contributed by atoms with Crippen LogP contribution in [-0.4, -0.2) is 28.9 Å². The minimum absolute atomic E-state index is 0.0259. The fraction of sp³-hybridized carbons (Fsp3) is 0.136. The first-order valence-electron chi connectivity index (χ1n) is 9.26. The van der Waals surface area contributed by atoms with Crippen molar-refractivity contribution in [1.82, 2.24) is 4.83 Å². The fourth-order valence-corrected chi connectivity index (χ4v) is 3.89. The topological polar surface area (TPSA) is 86.2 Å². The zero-order valence-electron chi connectivity index (χ0n) is 17.2. The smallest absolute Gasteiger partial charge is 0.280 e. The Labute approximate surface area is 190 Å². The van der Waals surface area contributed by atoms with Crippen molar-refractivity contribution < 1.29 is 27.0 Å². The molecule has 3 aromatic rings. The number of nitrogens with one attached hydrogen (secondary N) is 1. The molecule has 7 nitrogen and oxygen atoms in total. The minimum Gasteiger partial charge on any atom is -0.497 e. The quantitative estimate of drug-likeness (QED) is 0.364. The molecule has 10 heteroatoms. The van der Waals surface area contributed by atoms with E-state index >= 15 is 0 Å². The highest BCUT2D eigenvalue weighted by Gasteiger charge is 2.20. The number of hydrazone groups is 1. The summed E-state index contributed by atoms with van der Waals surface area (Å²) >= 11 is 6.05. The second-order valence-electron chi connectivity index (χ2n) is 6.43. The molecular weight excluding hydrogens is 459 g/mol. The van der Waals surface area contributed by atoms with Gasteiger partial charge in [0.05, 0.1) is 20.4 Å². The lowest BCUT2D eigenvalue weighted by molar-refractivity contribution is 0.299. The molecule has 0 amide bonds. The molecule has 0 aromatic heterocycles. The van der Waals surface area contributed by atoms with E-state index in [1.165, 1.54) is 38.6 Å². The van der Waals surface area contributed by atoms with Crippen LogP contribution < -0.4 is 19.0 Å². The average molecular weight is 479 g/mol. The van der Waals surface area contributed by atoms with Crippen molar-refractivity contribution in [3.05, 3.63) is 82.6 Å². The van der Waals surface area contributed by atoms with E-state index in [1.54, 1.807) is 42.5 Å². The number of nitrogens with zero attached hydrogens (tertiary/aromatic N) is 1. The van der Waals surface area contributed by atoms with E-state index in [2.05, 4.69) is 9.93 Å². The zero-order valence-corrected chi connectivity index (χ0v) is 18.8. The Kier molecular flexibility index (Phi) is 7.55. The second-order valence-corrected chi connectivity index (χ2v) is 8.50. The number of hydrogen-bond acceptors (Lipinski definition) is 6. The van der Waals surface area contributed by atoms with Crippen LogP contribution in [0.15, 0.2) is 70.7 Å². The molecule has 3 aromatic carbocycles. The molecule has 0 radical (unpaired) electrons. The Morgan fingerprint density at radius 2 is 1.78 bits per heavy atom. The monoisotopic (exact) mass is 478 g/mol. The maximum atomic E-state index is 13.8. The molecule has 1 N–H and O–H groups in total. The molecule has 0 saturated carbocycles. The van der Waals surface area contributed by atoms with Gasteiger partial charge in [-0.05, 0) is 36.4 Å². The molecular formula is C22H20ClFN2O5S. The number of rotatable bonds is 9. The summed E-state index contributed by atoms with van der Waals surface area (Å²) in [5.41, 5.74) is 0.769. The van der Waals surface area contributed by atoms with Gasteiger partial charge in [0.25, 0.3) is 10.0 Å². The number of ether oxygens (including phenoxy) is 3. The van der Waals surface area contributed by atoms with Gasteiger partial charge in [-0.3, -0.25) is 0 Å². The first-order chi connectivity index (χ1) is 15.3. The standard InChI is InChI=1S/C22H20ClFN2O5S/c1-29-18-8-10-21(30-2)22(12-18)32(27,28)26-25-13-16-11-17(23)7-9-20(16)31-14-15-5-3-4-6-19(15)24/h3-13,26H,14H2,1-2H3/b25-13+. The molecule has 0 unspecified atom stereocenters. The molecule has 0 fully saturated rings. The summed E-state index contributed by atoms with van der Waals surface area (Å²) < 4.78 is 55.2. The highest BCUT2D eigenvalue weighted by atomic mass is 35.5. The molecule has 168 valence electrons. The van der Waals surface area contributed by atoms with E-state index in [9.17, 15) is 12.8 Å². The van der Waals surface area contributed by atoms with Crippen molar-refractivity contribution in [3.63, 3.8) is 0 Å². The van der Waals surface area contributed by atoms with Crippen molar-refractivity contribution in [2.45, 2.75) is 11.5 Å². The van der Waals surface area contributed by atoms with Crippen LogP contribution in [0.5, 0.6) is 17.2 Å². The van der Waals surface area contributed by atoms with Crippen molar-refractivity contribution in [3.8, 4) is 17.2 Å². The molecule has 0 atom stereocenters. The van der Waals surface area contributed by atoms with Gasteiger partial charge in [-0.25, -0.2) is 4.39 Å². The number of benzene rings is 3. The lowest BCUT2D eigenvalue weighted by Crippen LogP contribution is -2.19. The lowest BCUT2D eigenvalue weighted by Gasteiger charge is -2.11. The Balaban J connectivity index is 1.80. The Bertz CT molecular complexity index is 1230. The number of hydrogen-bond donors (Lipinski definition) is 1. The van der Waals surface area contributed by atoms with Gasteiger partial charge in [0.15, 0.2) is 0 Å². The normalized spacial score (nSPS) is 11.4. The summed E-state index contributed by atoms with van der Waals surface area (Å²) in [6, 6.07) is 15.3. The van der Waals surface area contributed by atoms with Crippen LogP contribution >= 0.6 is 11.6 Å². The SMILES string of the molecule is COc1ccc(OC)c(S(=O)(=O)N/N=C/c2cc(Cl)ccc2OCc2ccccc2F)c1. The van der Waals surface area contributed by atoms with Gasteiger partial charge >= 0.3 is 0 Å². The minimum atomic E-state index is -4.07. The summed E-state index contributed by atoms with van der Waals surface area (Å²) in [5.74, 6) is 0.426. The summed E-state index contributed by atoms with van der Waals surface area (Å²) in [7, 11) is -1.29. The molecule has 0 aliphatic heterocycles. The van der Waals surface area contributed by atoms with Gasteiger partial charge in [-0.2, -0.15) is 18.4 Å². The Hall–Kier alpha value is -3.30. The van der Waals surface area contributed by atoms with Crippen LogP contribution in [0.2, 0.25) is 5.02 Å². The lowest BCUT2D eigenvalue weighted by atomic mass is 10.2. The van der Waals surface area contributed by atoms with Crippen LogP contribution in [0.4, 0.5) is 4.39 Å². The van der Waals surface area contributed by atoms with Crippen molar-refractivity contribution in [2.24, 2.45) is 5.10 Å². The van der Waals surface area contributed by atoms with Crippen LogP contribution in [0.25, 0.3) is 0 Å². The van der Waals surface area contributed by atoms with E-state index in [-0.39, 0.29) is 17.3 Å². The number of sulfonamides is 1. The van der Waals surface area contributed by atoms with Crippen LogP contribution in [0, 0.1) is 5.82 Å². The maximum Gasteiger partial charge on any atom is 0.280 e. The zero-order chi connectivity index (χ0) is 23.1. The average Bonchev–Trinajstić information content (AvgIpc) is 2.79. The van der Waals surface area contributed by atoms with Gasteiger partial charge in [0.1, 0.15) is 34.6 Å².